The summed E-state index contributed by atoms with van der Waals surface area (Å²) < 4.78 is 106. The van der Waals surface area contributed by atoms with Crippen LogP contribution in [0, 0.1) is 40.8 Å². The Bertz CT molecular complexity index is 1510. The molecule has 0 N–H and O–H groups in total. The van der Waals surface area contributed by atoms with E-state index in [9.17, 15) is 17.6 Å². The van der Waals surface area contributed by atoms with E-state index in [0.717, 1.165) is 44.9 Å². The molecule has 2 saturated carbocycles. The number of rotatable bonds is 14. The zero-order valence-corrected chi connectivity index (χ0v) is 27.9. The van der Waals surface area contributed by atoms with Crippen LogP contribution in [0.1, 0.15) is 114 Å². The molecule has 0 heterocycles. The molecule has 0 saturated heterocycles. The van der Waals surface area contributed by atoms with Crippen molar-refractivity contribution in [1.82, 2.24) is 0 Å². The van der Waals surface area contributed by atoms with Crippen molar-refractivity contribution in [2.45, 2.75) is 109 Å². The SMILES string of the molecule is CCCCOc1ccc(-c2ccc(C3CCC(OCC4CCC(c5ccc(OCCCC)c(F)c5F)CC4)CC3)c(F)c2F)c(F)c1F. The topological polar surface area (TPSA) is 27.7 Å². The third-order valence-corrected chi connectivity index (χ3v) is 10.0. The van der Waals surface area contributed by atoms with Crippen LogP contribution in [0.5, 0.6) is 11.5 Å². The van der Waals surface area contributed by atoms with Crippen molar-refractivity contribution < 1.29 is 40.6 Å². The van der Waals surface area contributed by atoms with E-state index in [0.29, 0.717) is 56.8 Å². The molecule has 0 amide bonds. The first-order valence-electron chi connectivity index (χ1n) is 17.5. The van der Waals surface area contributed by atoms with Gasteiger partial charge >= 0.3 is 0 Å². The minimum absolute atomic E-state index is 0.00748. The fraction of sp³-hybridized carbons (Fsp3) is 0.538. The first-order chi connectivity index (χ1) is 23.2. The smallest absolute Gasteiger partial charge is 0.201 e. The van der Waals surface area contributed by atoms with Gasteiger partial charge in [-0.25, -0.2) is 17.6 Å². The van der Waals surface area contributed by atoms with Crippen LogP contribution in [-0.2, 0) is 4.74 Å². The van der Waals surface area contributed by atoms with Crippen molar-refractivity contribution in [2.75, 3.05) is 19.8 Å². The molecule has 0 atom stereocenters. The summed E-state index contributed by atoms with van der Waals surface area (Å²) in [5.74, 6) is -6.67. The third kappa shape index (κ3) is 8.32. The van der Waals surface area contributed by atoms with Gasteiger partial charge in [0, 0.05) is 17.7 Å². The molecule has 48 heavy (non-hydrogen) atoms. The molecule has 5 rings (SSSR count). The van der Waals surface area contributed by atoms with E-state index in [1.807, 2.05) is 13.8 Å². The van der Waals surface area contributed by atoms with Gasteiger partial charge in [-0.1, -0.05) is 44.9 Å². The molecule has 3 aromatic carbocycles. The van der Waals surface area contributed by atoms with Gasteiger partial charge in [-0.3, -0.25) is 0 Å². The molecule has 0 bridgehead atoms. The summed E-state index contributed by atoms with van der Waals surface area (Å²) >= 11 is 0. The first kappa shape index (κ1) is 36.1. The van der Waals surface area contributed by atoms with Crippen LogP contribution < -0.4 is 9.47 Å². The first-order valence-corrected chi connectivity index (χ1v) is 17.5. The molecule has 0 radical (unpaired) electrons. The Labute approximate surface area is 280 Å². The molecule has 2 fully saturated rings. The second-order valence-electron chi connectivity index (χ2n) is 13.3. The highest BCUT2D eigenvalue weighted by molar-refractivity contribution is 5.67. The second kappa shape index (κ2) is 17.0. The molecular formula is C39H46F6O3. The van der Waals surface area contributed by atoms with Crippen LogP contribution in [0.25, 0.3) is 11.1 Å². The van der Waals surface area contributed by atoms with Crippen molar-refractivity contribution in [3.8, 4) is 22.6 Å². The standard InChI is InChI=1S/C39H46F6O3/c1-3-5-21-46-32-19-17-29(35(41)38(32)44)25-9-7-24(8-10-25)23-48-27-13-11-26(12-14-27)28-15-16-30(36(42)34(28)40)31-18-20-33(39(45)37(31)43)47-22-6-4-2/h15-20,24-27H,3-14,21-23H2,1-2H3. The molecule has 9 heteroatoms. The highest BCUT2D eigenvalue weighted by Gasteiger charge is 2.30. The van der Waals surface area contributed by atoms with Crippen LogP contribution in [0.4, 0.5) is 26.3 Å². The number of hydrogen-bond donors (Lipinski definition) is 0. The summed E-state index contributed by atoms with van der Waals surface area (Å²) in [6.07, 6.45) is 9.03. The molecule has 0 spiro atoms. The lowest BCUT2D eigenvalue weighted by Gasteiger charge is -2.33. The number of halogens is 6. The number of unbranched alkanes of at least 4 members (excludes halogenated alkanes) is 2. The van der Waals surface area contributed by atoms with E-state index < -0.39 is 34.9 Å². The van der Waals surface area contributed by atoms with E-state index in [4.69, 9.17) is 14.2 Å². The predicted molar refractivity (Wildman–Crippen MR) is 175 cm³/mol. The zero-order chi connectivity index (χ0) is 34.2. The summed E-state index contributed by atoms with van der Waals surface area (Å²) in [6.45, 7) is 5.12. The second-order valence-corrected chi connectivity index (χ2v) is 13.3. The highest BCUT2D eigenvalue weighted by Crippen LogP contribution is 2.41. The van der Waals surface area contributed by atoms with E-state index in [-0.39, 0.29) is 52.7 Å². The normalized spacial score (nSPS) is 21.3. The number of ether oxygens (including phenoxy) is 3. The monoisotopic (exact) mass is 676 g/mol. The Kier molecular flexibility index (Phi) is 12.7. The van der Waals surface area contributed by atoms with Gasteiger partial charge in [0.25, 0.3) is 0 Å². The molecule has 2 aliphatic carbocycles. The third-order valence-electron chi connectivity index (χ3n) is 10.0. The Morgan fingerprint density at radius 2 is 0.958 bits per heavy atom. The Balaban J connectivity index is 1.10. The molecule has 262 valence electrons. The largest absolute Gasteiger partial charge is 0.490 e. The number of benzene rings is 3. The van der Waals surface area contributed by atoms with Crippen molar-refractivity contribution in [1.29, 1.82) is 0 Å². The van der Waals surface area contributed by atoms with Gasteiger partial charge in [0.2, 0.25) is 11.6 Å². The summed E-state index contributed by atoms with van der Waals surface area (Å²) in [5, 5.41) is 0. The minimum Gasteiger partial charge on any atom is -0.490 e. The number of hydrogen-bond acceptors (Lipinski definition) is 3. The molecule has 0 unspecified atom stereocenters. The molecule has 0 aromatic heterocycles. The van der Waals surface area contributed by atoms with E-state index in [2.05, 4.69) is 0 Å². The fourth-order valence-electron chi connectivity index (χ4n) is 7.02. The van der Waals surface area contributed by atoms with Crippen LogP contribution in [0.15, 0.2) is 36.4 Å². The van der Waals surface area contributed by atoms with Crippen LogP contribution in [0.2, 0.25) is 0 Å². The van der Waals surface area contributed by atoms with E-state index in [1.165, 1.54) is 30.3 Å². The summed E-state index contributed by atoms with van der Waals surface area (Å²) in [4.78, 5) is 0. The summed E-state index contributed by atoms with van der Waals surface area (Å²) in [5.41, 5.74) is -0.0437. The van der Waals surface area contributed by atoms with Crippen LogP contribution in [0.3, 0.4) is 0 Å². The maximum Gasteiger partial charge on any atom is 0.201 e. The van der Waals surface area contributed by atoms with Gasteiger partial charge in [-0.15, -0.1) is 0 Å². The lowest BCUT2D eigenvalue weighted by atomic mass is 9.78. The van der Waals surface area contributed by atoms with Gasteiger partial charge in [-0.2, -0.15) is 8.78 Å². The van der Waals surface area contributed by atoms with E-state index in [1.54, 1.807) is 6.07 Å². The van der Waals surface area contributed by atoms with Gasteiger partial charge in [0.15, 0.2) is 34.8 Å². The Morgan fingerprint density at radius 3 is 1.52 bits per heavy atom. The van der Waals surface area contributed by atoms with Gasteiger partial charge < -0.3 is 14.2 Å². The van der Waals surface area contributed by atoms with Crippen molar-refractivity contribution in [2.24, 2.45) is 5.92 Å². The lowest BCUT2D eigenvalue weighted by Crippen LogP contribution is -2.26. The quantitative estimate of drug-likeness (QED) is 0.126. The molecule has 0 aliphatic heterocycles. The fourth-order valence-corrected chi connectivity index (χ4v) is 7.02. The maximum atomic E-state index is 15.3. The Hall–Kier alpha value is -3.20. The van der Waals surface area contributed by atoms with Gasteiger partial charge in [0.1, 0.15) is 0 Å². The van der Waals surface area contributed by atoms with E-state index >= 15 is 8.78 Å². The van der Waals surface area contributed by atoms with Gasteiger partial charge in [-0.05, 0) is 111 Å². The predicted octanol–water partition coefficient (Wildman–Crippen LogP) is 11.6. The summed E-state index contributed by atoms with van der Waals surface area (Å²) in [7, 11) is 0. The minimum atomic E-state index is -1.27. The van der Waals surface area contributed by atoms with Crippen LogP contribution in [-0.4, -0.2) is 25.9 Å². The highest BCUT2D eigenvalue weighted by atomic mass is 19.2. The average molecular weight is 677 g/mol. The average Bonchev–Trinajstić information content (AvgIpc) is 3.10. The molecule has 3 aromatic rings. The Morgan fingerprint density at radius 1 is 0.521 bits per heavy atom. The van der Waals surface area contributed by atoms with Crippen molar-refractivity contribution in [3.63, 3.8) is 0 Å². The summed E-state index contributed by atoms with van der Waals surface area (Å²) in [6, 6.07) is 8.44. The van der Waals surface area contributed by atoms with Crippen LogP contribution >= 0.6 is 0 Å². The zero-order valence-electron chi connectivity index (χ0n) is 27.9. The molecule has 3 nitrogen and oxygen atoms in total. The lowest BCUT2D eigenvalue weighted by molar-refractivity contribution is -0.00294. The van der Waals surface area contributed by atoms with Gasteiger partial charge in [0.05, 0.1) is 19.3 Å². The van der Waals surface area contributed by atoms with Crippen molar-refractivity contribution in [3.05, 3.63) is 82.4 Å². The molecular weight excluding hydrogens is 630 g/mol. The maximum absolute atomic E-state index is 15.3. The molecule has 2 aliphatic rings. The van der Waals surface area contributed by atoms with Crippen molar-refractivity contribution >= 4 is 0 Å².